The molecule has 1 heterocycles. The Morgan fingerprint density at radius 2 is 2.00 bits per heavy atom. The number of carbonyl (C=O) groups excluding carboxylic acids is 1. The molecule has 0 unspecified atom stereocenters. The predicted octanol–water partition coefficient (Wildman–Crippen LogP) is 2.93. The van der Waals surface area contributed by atoms with Crippen LogP contribution in [0.15, 0.2) is 11.4 Å². The normalized spacial score (nSPS) is 16.6. The molecule has 1 aliphatic rings. The van der Waals surface area contributed by atoms with E-state index in [0.717, 1.165) is 17.7 Å². The standard InChI is InChI=1S/C16H21NO2S/c18-10-6-9-15-11-13(12-20-15)16(19)17-14-7-4-2-1-3-5-8-14/h11-12,14,18H,1-5,7-8,10H2,(H,17,19). The van der Waals surface area contributed by atoms with Gasteiger partial charge < -0.3 is 10.4 Å². The molecular weight excluding hydrogens is 270 g/mol. The zero-order valence-corrected chi connectivity index (χ0v) is 12.5. The molecule has 0 radical (unpaired) electrons. The number of amides is 1. The molecule has 108 valence electrons. The molecular formula is C16H21NO2S. The Hall–Kier alpha value is -1.31. The summed E-state index contributed by atoms with van der Waals surface area (Å²) in [5, 5.41) is 13.6. The van der Waals surface area contributed by atoms with Gasteiger partial charge in [-0.2, -0.15) is 0 Å². The number of thiophene rings is 1. The first-order valence-electron chi connectivity index (χ1n) is 7.28. The van der Waals surface area contributed by atoms with Crippen LogP contribution in [0.1, 0.15) is 60.2 Å². The second kappa shape index (κ2) is 8.08. The maximum Gasteiger partial charge on any atom is 0.252 e. The highest BCUT2D eigenvalue weighted by Gasteiger charge is 2.15. The average Bonchev–Trinajstić information content (AvgIpc) is 2.88. The van der Waals surface area contributed by atoms with Crippen molar-refractivity contribution in [1.29, 1.82) is 0 Å². The molecule has 0 spiro atoms. The van der Waals surface area contributed by atoms with E-state index in [0.29, 0.717) is 11.6 Å². The number of rotatable bonds is 2. The van der Waals surface area contributed by atoms with Gasteiger partial charge in [0.1, 0.15) is 6.61 Å². The molecule has 1 amide bonds. The summed E-state index contributed by atoms with van der Waals surface area (Å²) in [6, 6.07) is 2.11. The van der Waals surface area contributed by atoms with E-state index in [4.69, 9.17) is 5.11 Å². The molecule has 0 aliphatic heterocycles. The lowest BCUT2D eigenvalue weighted by molar-refractivity contribution is 0.0931. The van der Waals surface area contributed by atoms with E-state index < -0.39 is 0 Å². The number of hydrogen-bond acceptors (Lipinski definition) is 3. The third-order valence-corrected chi connectivity index (χ3v) is 4.44. The first kappa shape index (κ1) is 15.1. The van der Waals surface area contributed by atoms with Gasteiger partial charge in [-0.15, -0.1) is 11.3 Å². The minimum Gasteiger partial charge on any atom is -0.384 e. The first-order valence-corrected chi connectivity index (χ1v) is 8.16. The molecule has 0 bridgehead atoms. The van der Waals surface area contributed by atoms with Crippen LogP contribution in [0.3, 0.4) is 0 Å². The van der Waals surface area contributed by atoms with Crippen molar-refractivity contribution in [3.8, 4) is 11.8 Å². The fourth-order valence-corrected chi connectivity index (χ4v) is 3.27. The Labute approximate surface area is 124 Å². The number of carbonyl (C=O) groups is 1. The van der Waals surface area contributed by atoms with Gasteiger partial charge in [0.25, 0.3) is 5.91 Å². The van der Waals surface area contributed by atoms with Crippen LogP contribution in [0, 0.1) is 11.8 Å². The van der Waals surface area contributed by atoms with Crippen LogP contribution in [-0.4, -0.2) is 23.7 Å². The van der Waals surface area contributed by atoms with Crippen molar-refractivity contribution in [3.05, 3.63) is 21.9 Å². The van der Waals surface area contributed by atoms with Gasteiger partial charge in [-0.25, -0.2) is 0 Å². The summed E-state index contributed by atoms with van der Waals surface area (Å²) in [5.74, 6) is 5.43. The van der Waals surface area contributed by atoms with E-state index in [1.807, 2.05) is 5.38 Å². The van der Waals surface area contributed by atoms with Gasteiger partial charge in [0.15, 0.2) is 0 Å². The van der Waals surface area contributed by atoms with Gasteiger partial charge in [-0.3, -0.25) is 4.79 Å². The average molecular weight is 291 g/mol. The molecule has 3 nitrogen and oxygen atoms in total. The lowest BCUT2D eigenvalue weighted by Gasteiger charge is -2.20. The van der Waals surface area contributed by atoms with E-state index in [9.17, 15) is 4.79 Å². The van der Waals surface area contributed by atoms with Crippen LogP contribution in [0.25, 0.3) is 0 Å². The monoisotopic (exact) mass is 291 g/mol. The van der Waals surface area contributed by atoms with Gasteiger partial charge in [-0.1, -0.05) is 43.9 Å². The first-order chi connectivity index (χ1) is 9.79. The van der Waals surface area contributed by atoms with E-state index in [1.54, 1.807) is 6.07 Å². The molecule has 4 heteroatoms. The summed E-state index contributed by atoms with van der Waals surface area (Å²) in [6.07, 6.45) is 8.50. The van der Waals surface area contributed by atoms with Gasteiger partial charge in [0, 0.05) is 11.4 Å². The Morgan fingerprint density at radius 3 is 2.70 bits per heavy atom. The minimum atomic E-state index is -0.151. The fourth-order valence-electron chi connectivity index (χ4n) is 2.52. The molecule has 0 aromatic carbocycles. The van der Waals surface area contributed by atoms with Crippen molar-refractivity contribution in [2.45, 2.75) is 51.0 Å². The van der Waals surface area contributed by atoms with Gasteiger partial charge in [-0.05, 0) is 18.9 Å². The quantitative estimate of drug-likeness (QED) is 0.823. The van der Waals surface area contributed by atoms with E-state index in [2.05, 4.69) is 17.2 Å². The number of hydrogen-bond donors (Lipinski definition) is 2. The topological polar surface area (TPSA) is 49.3 Å². The van der Waals surface area contributed by atoms with E-state index in [1.165, 1.54) is 43.4 Å². The molecule has 0 saturated heterocycles. The lowest BCUT2D eigenvalue weighted by atomic mass is 9.96. The maximum absolute atomic E-state index is 12.2. The highest BCUT2D eigenvalue weighted by Crippen LogP contribution is 2.18. The van der Waals surface area contributed by atoms with E-state index in [-0.39, 0.29) is 12.5 Å². The summed E-state index contributed by atoms with van der Waals surface area (Å²) in [7, 11) is 0. The van der Waals surface area contributed by atoms with Gasteiger partial charge in [0.05, 0.1) is 10.4 Å². The van der Waals surface area contributed by atoms with Crippen molar-refractivity contribution < 1.29 is 9.90 Å². The van der Waals surface area contributed by atoms with Gasteiger partial charge >= 0.3 is 0 Å². The zero-order valence-electron chi connectivity index (χ0n) is 11.7. The Bertz CT molecular complexity index is 490. The lowest BCUT2D eigenvalue weighted by Crippen LogP contribution is -2.35. The van der Waals surface area contributed by atoms with Crippen LogP contribution < -0.4 is 5.32 Å². The summed E-state index contributed by atoms with van der Waals surface area (Å²) in [5.41, 5.74) is 0.680. The smallest absolute Gasteiger partial charge is 0.252 e. The van der Waals surface area contributed by atoms with Crippen molar-refractivity contribution in [2.75, 3.05) is 6.61 Å². The number of aliphatic hydroxyl groups is 1. The summed E-state index contributed by atoms with van der Waals surface area (Å²) < 4.78 is 0. The van der Waals surface area contributed by atoms with Crippen LogP contribution in [0.5, 0.6) is 0 Å². The largest absolute Gasteiger partial charge is 0.384 e. The predicted molar refractivity (Wildman–Crippen MR) is 81.9 cm³/mol. The molecule has 2 rings (SSSR count). The molecule has 1 aliphatic carbocycles. The molecule has 20 heavy (non-hydrogen) atoms. The summed E-state index contributed by atoms with van der Waals surface area (Å²) >= 11 is 1.44. The van der Waals surface area contributed by atoms with Crippen LogP contribution >= 0.6 is 11.3 Å². The summed E-state index contributed by atoms with van der Waals surface area (Å²) in [4.78, 5) is 13.0. The van der Waals surface area contributed by atoms with Crippen LogP contribution in [0.2, 0.25) is 0 Å². The Kier molecular flexibility index (Phi) is 6.10. The molecule has 1 saturated carbocycles. The molecule has 1 aromatic rings. The highest BCUT2D eigenvalue weighted by atomic mass is 32.1. The van der Waals surface area contributed by atoms with Gasteiger partial charge in [0.2, 0.25) is 0 Å². The SMILES string of the molecule is O=C(NC1CCCCCCC1)c1csc(C#CCO)c1. The molecule has 1 aromatic heterocycles. The van der Waals surface area contributed by atoms with Crippen molar-refractivity contribution in [1.82, 2.24) is 5.32 Å². The fraction of sp³-hybridized carbons (Fsp3) is 0.562. The third kappa shape index (κ3) is 4.66. The summed E-state index contributed by atoms with van der Waals surface area (Å²) in [6.45, 7) is -0.151. The second-order valence-corrected chi connectivity index (χ2v) is 6.09. The third-order valence-electron chi connectivity index (χ3n) is 3.59. The highest BCUT2D eigenvalue weighted by molar-refractivity contribution is 7.10. The Morgan fingerprint density at radius 1 is 1.30 bits per heavy atom. The molecule has 2 N–H and O–H groups in total. The van der Waals surface area contributed by atoms with E-state index >= 15 is 0 Å². The minimum absolute atomic E-state index is 0.00359. The van der Waals surface area contributed by atoms with Crippen LogP contribution in [0.4, 0.5) is 0 Å². The second-order valence-electron chi connectivity index (χ2n) is 5.18. The Balaban J connectivity index is 1.91. The van der Waals surface area contributed by atoms with Crippen molar-refractivity contribution in [3.63, 3.8) is 0 Å². The number of nitrogens with one attached hydrogen (secondary N) is 1. The number of aliphatic hydroxyl groups excluding tert-OH is 1. The van der Waals surface area contributed by atoms with Crippen molar-refractivity contribution >= 4 is 17.2 Å². The zero-order chi connectivity index (χ0) is 14.2. The van der Waals surface area contributed by atoms with Crippen molar-refractivity contribution in [2.24, 2.45) is 0 Å². The molecule has 0 atom stereocenters. The van der Waals surface area contributed by atoms with Crippen LogP contribution in [-0.2, 0) is 0 Å². The maximum atomic E-state index is 12.2. The molecule has 1 fully saturated rings.